The van der Waals surface area contributed by atoms with E-state index in [1.54, 1.807) is 36.3 Å². The van der Waals surface area contributed by atoms with Crippen LogP contribution in [0.1, 0.15) is 24.4 Å². The molecule has 4 rings (SSSR count). The Hall–Kier alpha value is -2.97. The molecule has 8 nitrogen and oxygen atoms in total. The number of nitrogens with one attached hydrogen (secondary N) is 1. The zero-order valence-electron chi connectivity index (χ0n) is 17.3. The minimum absolute atomic E-state index is 0.0451. The molecule has 1 N–H and O–H groups in total. The van der Waals surface area contributed by atoms with Gasteiger partial charge in [-0.05, 0) is 60.0 Å². The topological polar surface area (TPSA) is 85.2 Å². The van der Waals surface area contributed by atoms with Crippen LogP contribution in [0.2, 0.25) is 5.02 Å². The van der Waals surface area contributed by atoms with Crippen LogP contribution in [-0.2, 0) is 11.2 Å². The summed E-state index contributed by atoms with van der Waals surface area (Å²) in [6, 6.07) is 15.3. The van der Waals surface area contributed by atoms with Crippen LogP contribution in [0.15, 0.2) is 54.9 Å². The number of amides is 1. The van der Waals surface area contributed by atoms with Crippen LogP contribution in [0.3, 0.4) is 0 Å². The first-order chi connectivity index (χ1) is 15.1. The van der Waals surface area contributed by atoms with Crippen molar-refractivity contribution in [3.63, 3.8) is 0 Å². The Labute approximate surface area is 186 Å². The highest BCUT2D eigenvalue weighted by Gasteiger charge is 2.38. The van der Waals surface area contributed by atoms with Crippen LogP contribution in [-0.4, -0.2) is 57.3 Å². The van der Waals surface area contributed by atoms with E-state index in [2.05, 4.69) is 37.9 Å². The van der Waals surface area contributed by atoms with Crippen molar-refractivity contribution in [1.82, 2.24) is 25.1 Å². The molecule has 2 atom stereocenters. The molecule has 0 saturated carbocycles. The van der Waals surface area contributed by atoms with Gasteiger partial charge in [0.05, 0.1) is 24.9 Å². The van der Waals surface area contributed by atoms with E-state index in [0.29, 0.717) is 29.4 Å². The quantitative estimate of drug-likeness (QED) is 0.579. The van der Waals surface area contributed by atoms with Crippen molar-refractivity contribution in [3.8, 4) is 5.75 Å². The van der Waals surface area contributed by atoms with Gasteiger partial charge in [-0.15, -0.1) is 5.10 Å². The number of carbonyl (C=O) groups excluding carboxylic acids is 1. The molecule has 0 unspecified atom stereocenters. The molecule has 3 aromatic rings. The number of anilines is 1. The Kier molecular flexibility index (Phi) is 6.79. The first-order valence-corrected chi connectivity index (χ1v) is 10.7. The second kappa shape index (κ2) is 9.89. The molecule has 1 saturated heterocycles. The number of hydrogen-bond donors (Lipinski definition) is 1. The molecule has 1 amide bonds. The van der Waals surface area contributed by atoms with E-state index in [9.17, 15) is 4.79 Å². The van der Waals surface area contributed by atoms with Gasteiger partial charge in [0.15, 0.2) is 0 Å². The summed E-state index contributed by atoms with van der Waals surface area (Å²) in [6.45, 7) is 1.52. The molecule has 1 aromatic heterocycles. The Bertz CT molecular complexity index is 999. The van der Waals surface area contributed by atoms with E-state index in [1.165, 1.54) is 5.56 Å². The molecule has 0 spiro atoms. The van der Waals surface area contributed by atoms with Crippen LogP contribution >= 0.6 is 11.6 Å². The van der Waals surface area contributed by atoms with Crippen molar-refractivity contribution in [2.24, 2.45) is 0 Å². The highest BCUT2D eigenvalue weighted by atomic mass is 35.5. The molecule has 2 heterocycles. The fourth-order valence-electron chi connectivity index (χ4n) is 4.05. The minimum atomic E-state index is -0.298. The highest BCUT2D eigenvalue weighted by Crippen LogP contribution is 2.31. The molecule has 0 aliphatic carbocycles. The van der Waals surface area contributed by atoms with Crippen molar-refractivity contribution < 1.29 is 9.53 Å². The molecule has 31 heavy (non-hydrogen) atoms. The van der Waals surface area contributed by atoms with Gasteiger partial charge in [0, 0.05) is 11.6 Å². The number of benzene rings is 2. The number of tetrazole rings is 1. The van der Waals surface area contributed by atoms with E-state index in [4.69, 9.17) is 16.3 Å². The molecule has 1 aliphatic rings. The summed E-state index contributed by atoms with van der Waals surface area (Å²) in [5, 5.41) is 15.1. The third-order valence-corrected chi connectivity index (χ3v) is 5.83. The number of nitrogens with zero attached hydrogens (tertiary/aromatic N) is 5. The average molecular weight is 441 g/mol. The van der Waals surface area contributed by atoms with Crippen LogP contribution in [0.4, 0.5) is 5.69 Å². The first kappa shape index (κ1) is 21.3. The standard InChI is InChI=1S/C22H25ClN6O2/c1-31-21-10-9-17(23)12-19(21)25-22(30)20-13-18(29-15-24-26-27-29)14-28(20)11-5-8-16-6-3-2-4-7-16/h2-4,6-7,9-10,12,15,18,20H,5,8,11,13-14H2,1H3,(H,25,30)/t18-,20+/m1/s1. The van der Waals surface area contributed by atoms with Crippen molar-refractivity contribution in [3.05, 3.63) is 65.4 Å². The van der Waals surface area contributed by atoms with Gasteiger partial charge in [-0.1, -0.05) is 41.9 Å². The lowest BCUT2D eigenvalue weighted by atomic mass is 10.1. The highest BCUT2D eigenvalue weighted by molar-refractivity contribution is 6.31. The van der Waals surface area contributed by atoms with Gasteiger partial charge < -0.3 is 10.1 Å². The summed E-state index contributed by atoms with van der Waals surface area (Å²) >= 11 is 6.12. The van der Waals surface area contributed by atoms with Crippen LogP contribution in [0, 0.1) is 0 Å². The van der Waals surface area contributed by atoms with Crippen molar-refractivity contribution in [2.45, 2.75) is 31.3 Å². The van der Waals surface area contributed by atoms with Gasteiger partial charge in [-0.2, -0.15) is 0 Å². The molecule has 1 fully saturated rings. The fraction of sp³-hybridized carbons (Fsp3) is 0.364. The van der Waals surface area contributed by atoms with E-state index in [1.807, 2.05) is 18.2 Å². The van der Waals surface area contributed by atoms with Crippen molar-refractivity contribution in [2.75, 3.05) is 25.5 Å². The maximum atomic E-state index is 13.2. The minimum Gasteiger partial charge on any atom is -0.495 e. The second-order valence-corrected chi connectivity index (χ2v) is 8.05. The number of carbonyl (C=O) groups is 1. The summed E-state index contributed by atoms with van der Waals surface area (Å²) in [5.41, 5.74) is 1.86. The lowest BCUT2D eigenvalue weighted by Gasteiger charge is -2.23. The predicted molar refractivity (Wildman–Crippen MR) is 118 cm³/mol. The van der Waals surface area contributed by atoms with Gasteiger partial charge in [-0.25, -0.2) is 4.68 Å². The maximum Gasteiger partial charge on any atom is 0.241 e. The third-order valence-electron chi connectivity index (χ3n) is 5.60. The molecule has 2 aromatic carbocycles. The van der Waals surface area contributed by atoms with Crippen LogP contribution in [0.25, 0.3) is 0 Å². The molecular formula is C22H25ClN6O2. The van der Waals surface area contributed by atoms with Gasteiger partial charge >= 0.3 is 0 Å². The zero-order chi connectivity index (χ0) is 21.6. The number of hydrogen-bond acceptors (Lipinski definition) is 6. The first-order valence-electron chi connectivity index (χ1n) is 10.3. The molecule has 0 bridgehead atoms. The summed E-state index contributed by atoms with van der Waals surface area (Å²) in [4.78, 5) is 15.5. The molecule has 1 aliphatic heterocycles. The third kappa shape index (κ3) is 5.21. The summed E-state index contributed by atoms with van der Waals surface area (Å²) in [5.74, 6) is 0.485. The number of aryl methyl sites for hydroxylation is 1. The Morgan fingerprint density at radius 2 is 2.10 bits per heavy atom. The number of rotatable bonds is 8. The number of methoxy groups -OCH3 is 1. The summed E-state index contributed by atoms with van der Waals surface area (Å²) in [6.07, 6.45) is 4.15. The normalized spacial score (nSPS) is 18.8. The smallest absolute Gasteiger partial charge is 0.241 e. The second-order valence-electron chi connectivity index (χ2n) is 7.61. The van der Waals surface area contributed by atoms with Crippen molar-refractivity contribution in [1.29, 1.82) is 0 Å². The molecule has 162 valence electrons. The van der Waals surface area contributed by atoms with E-state index in [0.717, 1.165) is 19.4 Å². The zero-order valence-corrected chi connectivity index (χ0v) is 18.1. The Balaban J connectivity index is 1.46. The van der Waals surface area contributed by atoms with E-state index < -0.39 is 0 Å². The lowest BCUT2D eigenvalue weighted by molar-refractivity contribution is -0.120. The number of likely N-dealkylation sites (tertiary alicyclic amines) is 1. The summed E-state index contributed by atoms with van der Waals surface area (Å²) < 4.78 is 7.10. The van der Waals surface area contributed by atoms with E-state index in [-0.39, 0.29) is 18.0 Å². The van der Waals surface area contributed by atoms with Gasteiger partial charge in [0.25, 0.3) is 0 Å². The monoisotopic (exact) mass is 440 g/mol. The average Bonchev–Trinajstić information content (AvgIpc) is 3.45. The summed E-state index contributed by atoms with van der Waals surface area (Å²) in [7, 11) is 1.57. The fourth-order valence-corrected chi connectivity index (χ4v) is 4.22. The van der Waals surface area contributed by atoms with Gasteiger partial charge in [0.1, 0.15) is 12.1 Å². The van der Waals surface area contributed by atoms with Crippen LogP contribution < -0.4 is 10.1 Å². The molecular weight excluding hydrogens is 416 g/mol. The largest absolute Gasteiger partial charge is 0.495 e. The van der Waals surface area contributed by atoms with E-state index >= 15 is 0 Å². The lowest BCUT2D eigenvalue weighted by Crippen LogP contribution is -2.40. The molecule has 9 heteroatoms. The maximum absolute atomic E-state index is 13.2. The predicted octanol–water partition coefficient (Wildman–Crippen LogP) is 3.22. The molecule has 0 radical (unpaired) electrons. The Morgan fingerprint density at radius 1 is 1.26 bits per heavy atom. The number of halogens is 1. The van der Waals surface area contributed by atoms with Crippen molar-refractivity contribution >= 4 is 23.2 Å². The number of ether oxygens (including phenoxy) is 1. The van der Waals surface area contributed by atoms with Gasteiger partial charge in [-0.3, -0.25) is 9.69 Å². The Morgan fingerprint density at radius 3 is 2.84 bits per heavy atom. The SMILES string of the molecule is COc1ccc(Cl)cc1NC(=O)[C@@H]1C[C@@H](n2cnnn2)CN1CCCc1ccccc1. The number of aromatic nitrogens is 4. The van der Waals surface area contributed by atoms with Crippen LogP contribution in [0.5, 0.6) is 5.75 Å². The van der Waals surface area contributed by atoms with Gasteiger partial charge in [0.2, 0.25) is 5.91 Å².